The summed E-state index contributed by atoms with van der Waals surface area (Å²) in [4.78, 5) is 30.7. The molecule has 232 valence electrons. The number of esters is 1. The van der Waals surface area contributed by atoms with Crippen molar-refractivity contribution < 1.29 is 19.1 Å². The first-order valence-electron chi connectivity index (χ1n) is 15.5. The summed E-state index contributed by atoms with van der Waals surface area (Å²) in [6.07, 6.45) is 9.77. The number of carbonyl (C=O) groups is 2. The van der Waals surface area contributed by atoms with E-state index in [0.29, 0.717) is 13.2 Å². The molecule has 0 saturated carbocycles. The summed E-state index contributed by atoms with van der Waals surface area (Å²) in [5, 5.41) is 0.765. The highest BCUT2D eigenvalue weighted by atomic mass is 35.5. The molecule has 6 nitrogen and oxygen atoms in total. The number of amides is 1. The van der Waals surface area contributed by atoms with Gasteiger partial charge < -0.3 is 19.3 Å². The molecule has 1 spiro atoms. The maximum atomic E-state index is 13.6. The fourth-order valence-electron chi connectivity index (χ4n) is 6.31. The molecule has 1 amide bonds. The standard InChI is InChI=1S/C36H47ClN2O4/c1-7-9-10-11-20-39-24-36(18-12-13-27-21-28(37)15-16-30(27)36)25-42-32-17-14-26(22-31(32)39)29(34(41)43-35(3,4)5)23-33(40)38(6)19-8-2/h7-8,14-17,21-22,29H,1-2,9-13,18-20,23-25H2,3-6H3/t29-,36-/m0/s1. The number of unbranched alkanes of at least 4 members (excludes halogenated alkanes) is 2. The molecule has 1 aliphatic carbocycles. The first-order valence-corrected chi connectivity index (χ1v) is 15.8. The smallest absolute Gasteiger partial charge is 0.314 e. The second kappa shape index (κ2) is 14.0. The number of benzene rings is 2. The van der Waals surface area contributed by atoms with Gasteiger partial charge in [0.1, 0.15) is 11.4 Å². The zero-order chi connectivity index (χ0) is 31.2. The molecule has 0 aromatic heterocycles. The summed E-state index contributed by atoms with van der Waals surface area (Å²) < 4.78 is 12.4. The molecule has 7 heteroatoms. The average Bonchev–Trinajstić information content (AvgIpc) is 3.10. The number of fused-ring (bicyclic) bond motifs is 3. The van der Waals surface area contributed by atoms with E-state index < -0.39 is 17.5 Å². The lowest BCUT2D eigenvalue weighted by Gasteiger charge is -2.41. The number of anilines is 1. The van der Waals surface area contributed by atoms with Crippen LogP contribution in [0.5, 0.6) is 5.75 Å². The largest absolute Gasteiger partial charge is 0.490 e. The molecule has 0 saturated heterocycles. The van der Waals surface area contributed by atoms with Gasteiger partial charge in [0.05, 0.1) is 18.2 Å². The number of allylic oxidation sites excluding steroid dienone is 1. The van der Waals surface area contributed by atoms with Crippen molar-refractivity contribution in [3.05, 3.63) is 83.4 Å². The van der Waals surface area contributed by atoms with E-state index in [9.17, 15) is 9.59 Å². The predicted octanol–water partition coefficient (Wildman–Crippen LogP) is 7.63. The van der Waals surface area contributed by atoms with Gasteiger partial charge in [0, 0.05) is 43.5 Å². The van der Waals surface area contributed by atoms with E-state index in [2.05, 4.69) is 30.2 Å². The molecule has 43 heavy (non-hydrogen) atoms. The minimum Gasteiger partial charge on any atom is -0.490 e. The number of nitrogens with zero attached hydrogens (tertiary/aromatic N) is 2. The van der Waals surface area contributed by atoms with Crippen molar-refractivity contribution in [3.63, 3.8) is 0 Å². The first-order chi connectivity index (χ1) is 20.5. The van der Waals surface area contributed by atoms with Gasteiger partial charge in [0.25, 0.3) is 0 Å². The Balaban J connectivity index is 1.74. The lowest BCUT2D eigenvalue weighted by Crippen LogP contribution is -2.46. The fraction of sp³-hybridized carbons (Fsp3) is 0.500. The molecule has 0 radical (unpaired) electrons. The molecule has 2 aliphatic rings. The molecule has 1 aliphatic heterocycles. The Kier molecular flexibility index (Phi) is 10.7. The molecule has 1 heterocycles. The molecule has 4 rings (SSSR count). The zero-order valence-corrected chi connectivity index (χ0v) is 27.0. The number of rotatable bonds is 11. The molecule has 2 atom stereocenters. The summed E-state index contributed by atoms with van der Waals surface area (Å²) in [6.45, 7) is 15.8. The minimum atomic E-state index is -0.748. The second-order valence-corrected chi connectivity index (χ2v) is 13.4. The van der Waals surface area contributed by atoms with Gasteiger partial charge in [-0.05, 0) is 100 Å². The SMILES string of the molecule is C=CCCCCN1C[C@@]2(CCCc3cc(Cl)ccc32)COc2ccc([C@H](CC(=O)N(C)CC=C)C(=O)OC(C)(C)C)cc21. The summed E-state index contributed by atoms with van der Waals surface area (Å²) >= 11 is 6.40. The molecule has 0 unspecified atom stereocenters. The number of likely N-dealkylation sites (N-methyl/N-ethyl adjacent to an activating group) is 1. The van der Waals surface area contributed by atoms with Gasteiger partial charge in [0.15, 0.2) is 0 Å². The van der Waals surface area contributed by atoms with Crippen LogP contribution in [0.1, 0.15) is 81.9 Å². The van der Waals surface area contributed by atoms with Gasteiger partial charge in [-0.15, -0.1) is 13.2 Å². The number of hydrogen-bond acceptors (Lipinski definition) is 5. The highest BCUT2D eigenvalue weighted by Crippen LogP contribution is 2.45. The van der Waals surface area contributed by atoms with Crippen LogP contribution < -0.4 is 9.64 Å². The molecule has 0 N–H and O–H groups in total. The second-order valence-electron chi connectivity index (χ2n) is 13.0. The van der Waals surface area contributed by atoms with Crippen LogP contribution in [0.15, 0.2) is 61.7 Å². The van der Waals surface area contributed by atoms with Gasteiger partial charge in [-0.1, -0.05) is 35.9 Å². The summed E-state index contributed by atoms with van der Waals surface area (Å²) in [5.41, 5.74) is 3.46. The van der Waals surface area contributed by atoms with E-state index in [1.54, 1.807) is 18.0 Å². The third-order valence-electron chi connectivity index (χ3n) is 8.45. The van der Waals surface area contributed by atoms with Gasteiger partial charge in [0.2, 0.25) is 5.91 Å². The third-order valence-corrected chi connectivity index (χ3v) is 8.68. The quantitative estimate of drug-likeness (QED) is 0.150. The van der Waals surface area contributed by atoms with Gasteiger partial charge >= 0.3 is 5.97 Å². The first kappa shape index (κ1) is 32.7. The van der Waals surface area contributed by atoms with Crippen LogP contribution in [0.4, 0.5) is 5.69 Å². The summed E-state index contributed by atoms with van der Waals surface area (Å²) in [6, 6.07) is 12.2. The van der Waals surface area contributed by atoms with Crippen LogP contribution >= 0.6 is 11.6 Å². The number of aryl methyl sites for hydroxylation is 1. The Labute approximate surface area is 262 Å². The molecule has 0 bridgehead atoms. The highest BCUT2D eigenvalue weighted by Gasteiger charge is 2.42. The van der Waals surface area contributed by atoms with Crippen molar-refractivity contribution in [3.8, 4) is 5.75 Å². The highest BCUT2D eigenvalue weighted by molar-refractivity contribution is 6.30. The van der Waals surface area contributed by atoms with Crippen molar-refractivity contribution in [2.75, 3.05) is 38.2 Å². The maximum absolute atomic E-state index is 13.6. The van der Waals surface area contributed by atoms with Crippen LogP contribution in [0.25, 0.3) is 0 Å². The van der Waals surface area contributed by atoms with Gasteiger partial charge in [-0.25, -0.2) is 0 Å². The summed E-state index contributed by atoms with van der Waals surface area (Å²) in [5.74, 6) is -0.501. The van der Waals surface area contributed by atoms with Crippen molar-refractivity contribution in [2.24, 2.45) is 0 Å². The Morgan fingerprint density at radius 2 is 1.95 bits per heavy atom. The van der Waals surface area contributed by atoms with E-state index in [-0.39, 0.29) is 17.7 Å². The van der Waals surface area contributed by atoms with Crippen LogP contribution in [0, 0.1) is 0 Å². The Morgan fingerprint density at radius 3 is 2.67 bits per heavy atom. The molecule has 2 aromatic carbocycles. The molecule has 2 aromatic rings. The van der Waals surface area contributed by atoms with Crippen LogP contribution in [0.3, 0.4) is 0 Å². The van der Waals surface area contributed by atoms with Gasteiger partial charge in [-0.3, -0.25) is 9.59 Å². The predicted molar refractivity (Wildman–Crippen MR) is 175 cm³/mol. The lowest BCUT2D eigenvalue weighted by molar-refractivity contribution is -0.158. The van der Waals surface area contributed by atoms with Crippen molar-refractivity contribution in [1.29, 1.82) is 0 Å². The van der Waals surface area contributed by atoms with E-state index in [4.69, 9.17) is 21.1 Å². The Hall–Kier alpha value is -3.25. The van der Waals surface area contributed by atoms with E-state index >= 15 is 0 Å². The van der Waals surface area contributed by atoms with Crippen LogP contribution in [-0.2, 0) is 26.2 Å². The normalized spacial score (nSPS) is 18.5. The van der Waals surface area contributed by atoms with Crippen molar-refractivity contribution in [2.45, 2.75) is 82.7 Å². The van der Waals surface area contributed by atoms with Crippen LogP contribution in [0.2, 0.25) is 5.02 Å². The topological polar surface area (TPSA) is 59.1 Å². The number of ether oxygens (including phenoxy) is 2. The summed E-state index contributed by atoms with van der Waals surface area (Å²) in [7, 11) is 1.72. The van der Waals surface area contributed by atoms with E-state index in [0.717, 1.165) is 73.6 Å². The number of carbonyl (C=O) groups excluding carboxylic acids is 2. The fourth-order valence-corrected chi connectivity index (χ4v) is 6.51. The molecular weight excluding hydrogens is 560 g/mol. The molecule has 0 fully saturated rings. The zero-order valence-electron chi connectivity index (χ0n) is 26.3. The third kappa shape index (κ3) is 8.03. The number of halogens is 1. The van der Waals surface area contributed by atoms with Crippen LogP contribution in [-0.4, -0.2) is 55.7 Å². The van der Waals surface area contributed by atoms with E-state index in [1.165, 1.54) is 11.1 Å². The average molecular weight is 607 g/mol. The van der Waals surface area contributed by atoms with Gasteiger partial charge in [-0.2, -0.15) is 0 Å². The monoisotopic (exact) mass is 606 g/mol. The number of hydrogen-bond donors (Lipinski definition) is 0. The maximum Gasteiger partial charge on any atom is 0.314 e. The lowest BCUT2D eigenvalue weighted by atomic mass is 9.70. The van der Waals surface area contributed by atoms with Crippen molar-refractivity contribution >= 4 is 29.2 Å². The Bertz CT molecular complexity index is 1330. The van der Waals surface area contributed by atoms with Crippen molar-refractivity contribution in [1.82, 2.24) is 4.90 Å². The molecular formula is C36H47ClN2O4. The van der Waals surface area contributed by atoms with E-state index in [1.807, 2.05) is 51.1 Å². The Morgan fingerprint density at radius 1 is 1.16 bits per heavy atom. The minimum absolute atomic E-state index is 0.0102.